The maximum absolute atomic E-state index is 6.70. The lowest BCUT2D eigenvalue weighted by molar-refractivity contribution is 0.332. The first-order chi connectivity index (χ1) is 33.5. The van der Waals surface area contributed by atoms with Crippen molar-refractivity contribution in [3.63, 3.8) is 0 Å². The second-order valence-electron chi connectivity index (χ2n) is 23.3. The highest BCUT2D eigenvalue weighted by atomic mass is 16.3. The Morgan fingerprint density at radius 2 is 1.33 bits per heavy atom. The molecule has 0 amide bonds. The third kappa shape index (κ3) is 5.76. The van der Waals surface area contributed by atoms with E-state index in [2.05, 4.69) is 201 Å². The van der Waals surface area contributed by atoms with Crippen molar-refractivity contribution in [3.05, 3.63) is 167 Å². The first-order valence-corrected chi connectivity index (χ1v) is 25.1. The molecule has 0 atom stereocenters. The average Bonchev–Trinajstić information content (AvgIpc) is 4.08. The van der Waals surface area contributed by atoms with Crippen molar-refractivity contribution in [3.8, 4) is 39.4 Å². The lowest BCUT2D eigenvalue weighted by Gasteiger charge is -2.42. The van der Waals surface area contributed by atoms with E-state index in [0.29, 0.717) is 5.89 Å². The molecule has 2 aliphatic carbocycles. The number of nitrogens with zero attached hydrogens (tertiary/aromatic N) is 2. The molecule has 4 heterocycles. The van der Waals surface area contributed by atoms with E-state index in [9.17, 15) is 0 Å². The minimum absolute atomic E-state index is 0.0117. The number of fused-ring (bicyclic) bond motifs is 14. The molecule has 6 heteroatoms. The summed E-state index contributed by atoms with van der Waals surface area (Å²) < 4.78 is 16.0. The number of nitrogens with one attached hydrogen (secondary N) is 1. The Balaban J connectivity index is 1.16. The molecule has 1 aliphatic heterocycles. The maximum Gasteiger partial charge on any atom is 0.227 e. The first-order valence-electron chi connectivity index (χ1n) is 25.1. The summed E-state index contributed by atoms with van der Waals surface area (Å²) in [5, 5.41) is 8.82. The van der Waals surface area contributed by atoms with Crippen LogP contribution in [-0.2, 0) is 21.7 Å². The van der Waals surface area contributed by atoms with Crippen LogP contribution in [0.1, 0.15) is 103 Å². The molecule has 3 aromatic heterocycles. The van der Waals surface area contributed by atoms with Crippen molar-refractivity contribution in [2.75, 3.05) is 5.32 Å². The van der Waals surface area contributed by atoms with Gasteiger partial charge in [-0.05, 0) is 134 Å². The normalized spacial score (nSPS) is 16.1. The van der Waals surface area contributed by atoms with Gasteiger partial charge in [0.1, 0.15) is 16.7 Å². The third-order valence-corrected chi connectivity index (χ3v) is 16.6. The van der Waals surface area contributed by atoms with E-state index < -0.39 is 0 Å². The smallest absolute Gasteiger partial charge is 0.227 e. The molecule has 0 bridgehead atoms. The van der Waals surface area contributed by atoms with E-state index in [1.165, 1.54) is 71.8 Å². The largest absolute Gasteiger partial charge is 0.456 e. The Kier molecular flexibility index (Phi) is 8.29. The highest BCUT2D eigenvalue weighted by Gasteiger charge is 2.45. The Morgan fingerprint density at radius 3 is 2.10 bits per heavy atom. The number of para-hydroxylation sites is 1. The Labute approximate surface area is 409 Å². The highest BCUT2D eigenvalue weighted by molar-refractivity contribution is 6.74. The van der Waals surface area contributed by atoms with Crippen molar-refractivity contribution in [1.82, 2.24) is 9.55 Å². The van der Waals surface area contributed by atoms with Gasteiger partial charge in [0.05, 0.1) is 11.2 Å². The van der Waals surface area contributed by atoms with Crippen LogP contribution < -0.4 is 16.2 Å². The summed E-state index contributed by atoms with van der Waals surface area (Å²) in [7, 11) is 2.47. The number of hydrogen-bond donors (Lipinski definition) is 1. The number of benzene rings is 8. The summed E-state index contributed by atoms with van der Waals surface area (Å²) in [6.07, 6.45) is 2.28. The van der Waals surface area contributed by atoms with Gasteiger partial charge < -0.3 is 18.7 Å². The van der Waals surface area contributed by atoms with Gasteiger partial charge in [0.25, 0.3) is 0 Å². The second-order valence-corrected chi connectivity index (χ2v) is 23.3. The van der Waals surface area contributed by atoms with E-state index in [4.69, 9.17) is 13.8 Å². The van der Waals surface area contributed by atoms with Gasteiger partial charge >= 0.3 is 0 Å². The van der Waals surface area contributed by atoms with E-state index in [1.807, 2.05) is 18.2 Å². The molecule has 5 nitrogen and oxygen atoms in total. The molecule has 0 spiro atoms. The Bertz CT molecular complexity index is 4060. The predicted molar refractivity (Wildman–Crippen MR) is 293 cm³/mol. The SMILES string of the molecule is CC(C)(C)c1ccc(Nc2cc3oc4ccccc4c3cc2-c2c3c(c4c5cc6c(cc5n5c4c2[B]c2cc4nc(-c7ccccc7)oc4cc2-5)C(C)(C)CCC6(C)C)-c2ccccc2C3(C)C)cc1. The fraction of sp³-hybridized carbons (Fsp3) is 0.234. The lowest BCUT2D eigenvalue weighted by atomic mass is 9.57. The second kappa shape index (κ2) is 13.9. The molecule has 0 fully saturated rings. The standard InChI is InChI=1S/C64H55BN3O2/c1-61(2,3)36-23-25-37(26-24-36)66-47-33-52-40(38-19-14-16-22-51(38)69-52)29-41(47)56-57-54(39-20-13-15-21-43(39)64(57,8)9)55-42-30-44-45(63(6,7)28-27-62(44,4)5)31-49(42)68-50-34-53-48(32-46(50)65-58(56)59(55)68)67-60(70-53)35-17-11-10-12-18-35/h10-26,29-34,66H,27-28H2,1-9H3. The van der Waals surface area contributed by atoms with Crippen molar-refractivity contribution in [2.24, 2.45) is 0 Å². The zero-order valence-corrected chi connectivity index (χ0v) is 41.5. The number of hydrogen-bond acceptors (Lipinski definition) is 4. The summed E-state index contributed by atoms with van der Waals surface area (Å²) in [6, 6.07) is 51.2. The van der Waals surface area contributed by atoms with Crippen molar-refractivity contribution in [1.29, 1.82) is 0 Å². The number of oxazole rings is 1. The average molecular weight is 909 g/mol. The minimum Gasteiger partial charge on any atom is -0.456 e. The molecule has 0 saturated heterocycles. The molecule has 14 rings (SSSR count). The Morgan fingerprint density at radius 1 is 0.614 bits per heavy atom. The van der Waals surface area contributed by atoms with E-state index in [1.54, 1.807) is 0 Å². The maximum atomic E-state index is 6.70. The van der Waals surface area contributed by atoms with Crippen LogP contribution in [0.15, 0.2) is 148 Å². The van der Waals surface area contributed by atoms with Gasteiger partial charge in [0.15, 0.2) is 12.9 Å². The predicted octanol–water partition coefficient (Wildman–Crippen LogP) is 15.8. The topological polar surface area (TPSA) is 56.1 Å². The van der Waals surface area contributed by atoms with Crippen molar-refractivity contribution in [2.45, 2.75) is 96.8 Å². The van der Waals surface area contributed by atoms with Crippen LogP contribution in [0.2, 0.25) is 0 Å². The zero-order chi connectivity index (χ0) is 47.8. The molecular weight excluding hydrogens is 854 g/mol. The van der Waals surface area contributed by atoms with Gasteiger partial charge in [-0.25, -0.2) is 4.98 Å². The van der Waals surface area contributed by atoms with Crippen LogP contribution >= 0.6 is 0 Å². The molecule has 70 heavy (non-hydrogen) atoms. The molecule has 0 saturated carbocycles. The summed E-state index contributed by atoms with van der Waals surface area (Å²) >= 11 is 0. The first kappa shape index (κ1) is 41.6. The highest BCUT2D eigenvalue weighted by Crippen LogP contribution is 2.58. The summed E-state index contributed by atoms with van der Waals surface area (Å²) in [4.78, 5) is 5.15. The van der Waals surface area contributed by atoms with Crippen LogP contribution in [-0.4, -0.2) is 16.8 Å². The van der Waals surface area contributed by atoms with E-state index >= 15 is 0 Å². The van der Waals surface area contributed by atoms with Gasteiger partial charge in [-0.2, -0.15) is 0 Å². The minimum atomic E-state index is -0.357. The van der Waals surface area contributed by atoms with Gasteiger partial charge in [-0.1, -0.05) is 141 Å². The van der Waals surface area contributed by atoms with Crippen molar-refractivity contribution >= 4 is 84.4 Å². The lowest BCUT2D eigenvalue weighted by Crippen LogP contribution is -2.38. The molecule has 341 valence electrons. The monoisotopic (exact) mass is 908 g/mol. The summed E-state index contributed by atoms with van der Waals surface area (Å²) in [5.74, 6) is 0.626. The molecule has 1 radical (unpaired) electrons. The summed E-state index contributed by atoms with van der Waals surface area (Å²) in [5.41, 5.74) is 23.8. The summed E-state index contributed by atoms with van der Waals surface area (Å²) in [6.45, 7) is 21.5. The van der Waals surface area contributed by atoms with E-state index in [-0.39, 0.29) is 21.7 Å². The van der Waals surface area contributed by atoms with E-state index in [0.717, 1.165) is 79.5 Å². The van der Waals surface area contributed by atoms with Crippen LogP contribution in [0.3, 0.4) is 0 Å². The fourth-order valence-electron chi connectivity index (χ4n) is 12.7. The van der Waals surface area contributed by atoms with Crippen LogP contribution in [0.25, 0.3) is 94.2 Å². The molecule has 0 unspecified atom stereocenters. The zero-order valence-electron chi connectivity index (χ0n) is 41.5. The van der Waals surface area contributed by atoms with Gasteiger partial charge in [-0.15, -0.1) is 0 Å². The quantitative estimate of drug-likeness (QED) is 0.179. The number of aromatic nitrogens is 2. The fourth-order valence-corrected chi connectivity index (χ4v) is 12.7. The molecular formula is C64H55BN3O2. The molecule has 3 aliphatic rings. The van der Waals surface area contributed by atoms with Crippen molar-refractivity contribution < 1.29 is 8.83 Å². The van der Waals surface area contributed by atoms with Gasteiger partial charge in [0, 0.05) is 67.1 Å². The van der Waals surface area contributed by atoms with Gasteiger partial charge in [0.2, 0.25) is 5.89 Å². The van der Waals surface area contributed by atoms with Crippen LogP contribution in [0.4, 0.5) is 11.4 Å². The number of rotatable bonds is 4. The Hall–Kier alpha value is -7.31. The number of anilines is 2. The molecule has 1 N–H and O–H groups in total. The van der Waals surface area contributed by atoms with Crippen LogP contribution in [0.5, 0.6) is 0 Å². The third-order valence-electron chi connectivity index (χ3n) is 16.6. The molecule has 8 aromatic carbocycles. The van der Waals surface area contributed by atoms with Crippen LogP contribution in [0, 0.1) is 0 Å². The number of furan rings is 1. The van der Waals surface area contributed by atoms with Gasteiger partial charge in [-0.3, -0.25) is 0 Å². The molecule has 11 aromatic rings.